The average molecular weight is 196 g/mol. The van der Waals surface area contributed by atoms with Crippen molar-refractivity contribution in [1.82, 2.24) is 0 Å². The van der Waals surface area contributed by atoms with Crippen LogP contribution in [0.1, 0.15) is 19.4 Å². The molecular formula is C10H10ClNO. The summed E-state index contributed by atoms with van der Waals surface area (Å²) in [5.41, 5.74) is 1.42. The normalized spacial score (nSPS) is 18.2. The van der Waals surface area contributed by atoms with Crippen molar-refractivity contribution in [3.63, 3.8) is 0 Å². The molecule has 1 aliphatic heterocycles. The first-order valence-electron chi connectivity index (χ1n) is 4.13. The number of hydrogen-bond acceptors (Lipinski definition) is 1. The van der Waals surface area contributed by atoms with E-state index >= 15 is 0 Å². The van der Waals surface area contributed by atoms with Crippen molar-refractivity contribution in [1.29, 1.82) is 0 Å². The van der Waals surface area contributed by atoms with Gasteiger partial charge in [0.05, 0.1) is 5.41 Å². The molecule has 0 spiro atoms. The van der Waals surface area contributed by atoms with Crippen LogP contribution < -0.4 is 5.32 Å². The second kappa shape index (κ2) is 2.48. The minimum atomic E-state index is -0.431. The molecule has 68 valence electrons. The third-order valence-electron chi connectivity index (χ3n) is 2.47. The minimum absolute atomic E-state index is 0.0322. The van der Waals surface area contributed by atoms with Crippen LogP contribution in [0, 0.1) is 0 Å². The highest BCUT2D eigenvalue weighted by Gasteiger charge is 2.37. The summed E-state index contributed by atoms with van der Waals surface area (Å²) in [6.45, 7) is 3.81. The Morgan fingerprint density at radius 1 is 1.38 bits per heavy atom. The van der Waals surface area contributed by atoms with Crippen molar-refractivity contribution in [2.75, 3.05) is 5.32 Å². The van der Waals surface area contributed by atoms with Crippen molar-refractivity contribution in [3.05, 3.63) is 28.8 Å². The Labute approximate surface area is 81.9 Å². The van der Waals surface area contributed by atoms with Gasteiger partial charge in [0, 0.05) is 10.7 Å². The molecule has 0 fully saturated rings. The maximum atomic E-state index is 11.5. The molecule has 1 N–H and O–H groups in total. The lowest BCUT2D eigenvalue weighted by Crippen LogP contribution is -2.26. The first kappa shape index (κ1) is 8.57. The fraction of sp³-hybridized carbons (Fsp3) is 0.300. The number of hydrogen-bond donors (Lipinski definition) is 1. The smallest absolute Gasteiger partial charge is 0.234 e. The Morgan fingerprint density at radius 3 is 2.77 bits per heavy atom. The molecule has 1 aromatic carbocycles. The quantitative estimate of drug-likeness (QED) is 0.678. The number of fused-ring (bicyclic) bond motifs is 1. The summed E-state index contributed by atoms with van der Waals surface area (Å²) in [6.07, 6.45) is 0. The molecule has 0 bridgehead atoms. The third-order valence-corrected chi connectivity index (χ3v) is 2.71. The second-order valence-corrected chi connectivity index (χ2v) is 4.21. The van der Waals surface area contributed by atoms with Crippen LogP contribution in [-0.2, 0) is 10.2 Å². The standard InChI is InChI=1S/C10H10ClNO/c1-10(2)7-4-3-6(11)5-8(7)12-9(10)13/h3-5H,1-2H3,(H,12,13). The number of carbonyl (C=O) groups excluding carboxylic acids is 1. The number of amides is 1. The lowest BCUT2D eigenvalue weighted by Gasteiger charge is -2.14. The van der Waals surface area contributed by atoms with Crippen molar-refractivity contribution in [2.24, 2.45) is 0 Å². The second-order valence-electron chi connectivity index (χ2n) is 3.77. The van der Waals surface area contributed by atoms with Crippen molar-refractivity contribution in [3.8, 4) is 0 Å². The molecule has 1 aliphatic rings. The number of anilines is 1. The molecule has 0 aliphatic carbocycles. The number of benzene rings is 1. The average Bonchev–Trinajstić information content (AvgIpc) is 2.23. The summed E-state index contributed by atoms with van der Waals surface area (Å²) >= 11 is 5.81. The van der Waals surface area contributed by atoms with Crippen LogP contribution >= 0.6 is 11.6 Å². The zero-order chi connectivity index (χ0) is 9.64. The minimum Gasteiger partial charge on any atom is -0.325 e. The SMILES string of the molecule is CC1(C)C(=O)Nc2cc(Cl)ccc21. The Hall–Kier alpha value is -1.02. The van der Waals surface area contributed by atoms with E-state index in [9.17, 15) is 4.79 Å². The molecule has 3 heteroatoms. The van der Waals surface area contributed by atoms with Gasteiger partial charge in [0.25, 0.3) is 0 Å². The van der Waals surface area contributed by atoms with Crippen molar-refractivity contribution < 1.29 is 4.79 Å². The van der Waals surface area contributed by atoms with E-state index in [1.807, 2.05) is 26.0 Å². The molecular weight excluding hydrogens is 186 g/mol. The van der Waals surface area contributed by atoms with Gasteiger partial charge in [0.1, 0.15) is 0 Å². The zero-order valence-corrected chi connectivity index (χ0v) is 8.27. The maximum Gasteiger partial charge on any atom is 0.234 e. The lowest BCUT2D eigenvalue weighted by molar-refractivity contribution is -0.119. The number of halogens is 1. The van der Waals surface area contributed by atoms with Gasteiger partial charge < -0.3 is 5.32 Å². The number of carbonyl (C=O) groups is 1. The summed E-state index contributed by atoms with van der Waals surface area (Å²) in [5.74, 6) is 0.0322. The van der Waals surface area contributed by atoms with Gasteiger partial charge >= 0.3 is 0 Å². The Balaban J connectivity index is 2.62. The third kappa shape index (κ3) is 1.13. The maximum absolute atomic E-state index is 11.5. The van der Waals surface area contributed by atoms with Gasteiger partial charge in [0.15, 0.2) is 0 Å². The molecule has 1 aromatic rings. The first-order valence-corrected chi connectivity index (χ1v) is 4.51. The fourth-order valence-corrected chi connectivity index (χ4v) is 1.74. The molecule has 0 aromatic heterocycles. The zero-order valence-electron chi connectivity index (χ0n) is 7.52. The molecule has 0 saturated heterocycles. The van der Waals surface area contributed by atoms with E-state index in [0.29, 0.717) is 5.02 Å². The molecule has 2 nitrogen and oxygen atoms in total. The monoisotopic (exact) mass is 195 g/mol. The van der Waals surface area contributed by atoms with E-state index in [1.54, 1.807) is 6.07 Å². The molecule has 2 rings (SSSR count). The highest BCUT2D eigenvalue weighted by Crippen LogP contribution is 2.38. The van der Waals surface area contributed by atoms with Crippen LogP contribution in [0.4, 0.5) is 5.69 Å². The van der Waals surface area contributed by atoms with Gasteiger partial charge in [0.2, 0.25) is 5.91 Å². The Kier molecular flexibility index (Phi) is 1.64. The van der Waals surface area contributed by atoms with Crippen LogP contribution in [0.2, 0.25) is 5.02 Å². The fourth-order valence-electron chi connectivity index (χ4n) is 1.57. The predicted molar refractivity (Wildman–Crippen MR) is 53.1 cm³/mol. The highest BCUT2D eigenvalue weighted by molar-refractivity contribution is 6.31. The summed E-state index contributed by atoms with van der Waals surface area (Å²) in [6, 6.07) is 5.49. The van der Waals surface area contributed by atoms with E-state index in [1.165, 1.54) is 0 Å². The summed E-state index contributed by atoms with van der Waals surface area (Å²) < 4.78 is 0. The van der Waals surface area contributed by atoms with E-state index < -0.39 is 5.41 Å². The van der Waals surface area contributed by atoms with E-state index in [-0.39, 0.29) is 5.91 Å². The summed E-state index contributed by atoms with van der Waals surface area (Å²) in [4.78, 5) is 11.5. The molecule has 1 heterocycles. The molecule has 0 unspecified atom stereocenters. The van der Waals surface area contributed by atoms with E-state index in [4.69, 9.17) is 11.6 Å². The van der Waals surface area contributed by atoms with Crippen LogP contribution in [-0.4, -0.2) is 5.91 Å². The molecule has 0 saturated carbocycles. The molecule has 1 amide bonds. The van der Waals surface area contributed by atoms with Crippen molar-refractivity contribution >= 4 is 23.2 Å². The number of nitrogens with one attached hydrogen (secondary N) is 1. The van der Waals surface area contributed by atoms with Crippen LogP contribution in [0.3, 0.4) is 0 Å². The number of rotatable bonds is 0. The molecule has 0 atom stereocenters. The first-order chi connectivity index (χ1) is 6.01. The topological polar surface area (TPSA) is 29.1 Å². The van der Waals surface area contributed by atoms with Gasteiger partial charge in [-0.25, -0.2) is 0 Å². The van der Waals surface area contributed by atoms with Gasteiger partial charge in [-0.1, -0.05) is 17.7 Å². The van der Waals surface area contributed by atoms with Crippen LogP contribution in [0.15, 0.2) is 18.2 Å². The molecule has 13 heavy (non-hydrogen) atoms. The Morgan fingerprint density at radius 2 is 2.08 bits per heavy atom. The molecule has 0 radical (unpaired) electrons. The van der Waals surface area contributed by atoms with Gasteiger partial charge in [-0.05, 0) is 31.5 Å². The van der Waals surface area contributed by atoms with Gasteiger partial charge in [-0.15, -0.1) is 0 Å². The Bertz CT molecular complexity index is 385. The van der Waals surface area contributed by atoms with E-state index in [0.717, 1.165) is 11.3 Å². The summed E-state index contributed by atoms with van der Waals surface area (Å²) in [7, 11) is 0. The predicted octanol–water partition coefficient (Wildman–Crippen LogP) is 2.57. The largest absolute Gasteiger partial charge is 0.325 e. The van der Waals surface area contributed by atoms with Crippen LogP contribution in [0.25, 0.3) is 0 Å². The van der Waals surface area contributed by atoms with Gasteiger partial charge in [-0.3, -0.25) is 4.79 Å². The van der Waals surface area contributed by atoms with Crippen molar-refractivity contribution in [2.45, 2.75) is 19.3 Å². The highest BCUT2D eigenvalue weighted by atomic mass is 35.5. The lowest BCUT2D eigenvalue weighted by atomic mass is 9.86. The summed E-state index contributed by atoms with van der Waals surface area (Å²) in [5, 5.41) is 3.45. The van der Waals surface area contributed by atoms with Crippen LogP contribution in [0.5, 0.6) is 0 Å². The van der Waals surface area contributed by atoms with E-state index in [2.05, 4.69) is 5.32 Å². The van der Waals surface area contributed by atoms with Gasteiger partial charge in [-0.2, -0.15) is 0 Å².